The Morgan fingerprint density at radius 2 is 2.20 bits per heavy atom. The maximum Gasteiger partial charge on any atom is 0.333 e. The zero-order valence-corrected chi connectivity index (χ0v) is 10.1. The summed E-state index contributed by atoms with van der Waals surface area (Å²) in [6, 6.07) is 0. The average Bonchev–Trinajstić information content (AvgIpc) is 2.14. The molecular formula is C13H22O2. The summed E-state index contributed by atoms with van der Waals surface area (Å²) in [6.45, 7) is 10.1. The van der Waals surface area contributed by atoms with E-state index in [0.29, 0.717) is 17.4 Å². The van der Waals surface area contributed by atoms with Crippen LogP contribution in [0.2, 0.25) is 0 Å². The highest BCUT2D eigenvalue weighted by atomic mass is 16.5. The topological polar surface area (TPSA) is 26.3 Å². The third kappa shape index (κ3) is 3.69. The zero-order chi connectivity index (χ0) is 11.5. The van der Waals surface area contributed by atoms with Crippen LogP contribution in [0.4, 0.5) is 0 Å². The van der Waals surface area contributed by atoms with Gasteiger partial charge in [0.05, 0.1) is 0 Å². The summed E-state index contributed by atoms with van der Waals surface area (Å²) in [4.78, 5) is 11.5. The highest BCUT2D eigenvalue weighted by molar-refractivity contribution is 5.87. The van der Waals surface area contributed by atoms with Crippen molar-refractivity contribution < 1.29 is 9.53 Å². The van der Waals surface area contributed by atoms with Crippen molar-refractivity contribution in [1.82, 2.24) is 0 Å². The minimum absolute atomic E-state index is 0.101. The van der Waals surface area contributed by atoms with E-state index in [-0.39, 0.29) is 12.1 Å². The van der Waals surface area contributed by atoms with Crippen LogP contribution < -0.4 is 0 Å². The van der Waals surface area contributed by atoms with Crippen molar-refractivity contribution in [2.24, 2.45) is 5.41 Å². The molecule has 1 unspecified atom stereocenters. The molecule has 0 heterocycles. The second-order valence-electron chi connectivity index (χ2n) is 5.24. The second kappa shape index (κ2) is 4.82. The fourth-order valence-corrected chi connectivity index (χ4v) is 2.11. The summed E-state index contributed by atoms with van der Waals surface area (Å²) in [5, 5.41) is 0. The molecule has 0 aromatic heterocycles. The minimum Gasteiger partial charge on any atom is -0.459 e. The lowest BCUT2D eigenvalue weighted by molar-refractivity contribution is -0.147. The molecule has 1 aliphatic rings. The third-order valence-corrected chi connectivity index (χ3v) is 3.15. The Kier molecular flexibility index (Phi) is 3.95. The normalized spacial score (nSPS) is 24.6. The van der Waals surface area contributed by atoms with E-state index in [1.807, 2.05) is 6.92 Å². The third-order valence-electron chi connectivity index (χ3n) is 3.15. The molecule has 1 fully saturated rings. The van der Waals surface area contributed by atoms with Gasteiger partial charge in [-0.15, -0.1) is 0 Å². The standard InChI is InChI=1S/C13H22O2/c1-5-10(2)12(14)15-11-7-6-8-13(3,4)9-11/h11H,2,5-9H2,1,3-4H3. The number of carbonyl (C=O) groups is 1. The summed E-state index contributed by atoms with van der Waals surface area (Å²) in [6.07, 6.45) is 5.15. The van der Waals surface area contributed by atoms with Gasteiger partial charge in [0.25, 0.3) is 0 Å². The molecule has 0 bridgehead atoms. The Bertz CT molecular complexity index is 253. The summed E-state index contributed by atoms with van der Waals surface area (Å²) < 4.78 is 5.44. The average molecular weight is 210 g/mol. The molecule has 0 amide bonds. The maximum atomic E-state index is 11.5. The van der Waals surface area contributed by atoms with E-state index in [1.165, 1.54) is 6.42 Å². The van der Waals surface area contributed by atoms with Crippen molar-refractivity contribution >= 4 is 5.97 Å². The van der Waals surface area contributed by atoms with E-state index in [1.54, 1.807) is 0 Å². The van der Waals surface area contributed by atoms with Crippen LogP contribution in [0, 0.1) is 5.41 Å². The van der Waals surface area contributed by atoms with Crippen LogP contribution >= 0.6 is 0 Å². The minimum atomic E-state index is -0.208. The molecule has 15 heavy (non-hydrogen) atoms. The summed E-state index contributed by atoms with van der Waals surface area (Å²) in [5.41, 5.74) is 0.898. The highest BCUT2D eigenvalue weighted by Crippen LogP contribution is 2.36. The van der Waals surface area contributed by atoms with Gasteiger partial charge in [0.1, 0.15) is 6.10 Å². The van der Waals surface area contributed by atoms with Crippen molar-refractivity contribution in [1.29, 1.82) is 0 Å². The van der Waals surface area contributed by atoms with Gasteiger partial charge in [0, 0.05) is 5.57 Å². The molecule has 2 heteroatoms. The molecule has 0 N–H and O–H groups in total. The molecule has 1 atom stereocenters. The first kappa shape index (κ1) is 12.3. The molecule has 1 saturated carbocycles. The van der Waals surface area contributed by atoms with Gasteiger partial charge < -0.3 is 4.74 Å². The number of ether oxygens (including phenoxy) is 1. The molecule has 86 valence electrons. The van der Waals surface area contributed by atoms with Gasteiger partial charge in [-0.2, -0.15) is 0 Å². The maximum absolute atomic E-state index is 11.5. The molecule has 2 nitrogen and oxygen atoms in total. The quantitative estimate of drug-likeness (QED) is 0.526. The monoisotopic (exact) mass is 210 g/mol. The van der Waals surface area contributed by atoms with Gasteiger partial charge in [-0.25, -0.2) is 4.79 Å². The highest BCUT2D eigenvalue weighted by Gasteiger charge is 2.30. The van der Waals surface area contributed by atoms with Crippen molar-refractivity contribution in [2.75, 3.05) is 0 Å². The van der Waals surface area contributed by atoms with Crippen molar-refractivity contribution in [3.8, 4) is 0 Å². The summed E-state index contributed by atoms with van der Waals surface area (Å²) in [7, 11) is 0. The van der Waals surface area contributed by atoms with E-state index in [0.717, 1.165) is 19.3 Å². The van der Waals surface area contributed by atoms with Crippen LogP contribution in [0.3, 0.4) is 0 Å². The molecule has 0 radical (unpaired) electrons. The Balaban J connectivity index is 2.45. The van der Waals surface area contributed by atoms with Gasteiger partial charge in [0.2, 0.25) is 0 Å². The molecule has 0 aromatic rings. The Morgan fingerprint density at radius 1 is 1.53 bits per heavy atom. The van der Waals surface area contributed by atoms with Crippen molar-refractivity contribution in [3.05, 3.63) is 12.2 Å². The fraction of sp³-hybridized carbons (Fsp3) is 0.769. The Hall–Kier alpha value is -0.790. The molecular weight excluding hydrogens is 188 g/mol. The van der Waals surface area contributed by atoms with Crippen LogP contribution in [-0.4, -0.2) is 12.1 Å². The first-order chi connectivity index (χ1) is 6.94. The number of hydrogen-bond donors (Lipinski definition) is 0. The van der Waals surface area contributed by atoms with Crippen LogP contribution in [0.25, 0.3) is 0 Å². The molecule has 0 aromatic carbocycles. The van der Waals surface area contributed by atoms with Gasteiger partial charge in [-0.05, 0) is 37.5 Å². The second-order valence-corrected chi connectivity index (χ2v) is 5.24. The Morgan fingerprint density at radius 3 is 2.73 bits per heavy atom. The number of hydrogen-bond acceptors (Lipinski definition) is 2. The van der Waals surface area contributed by atoms with E-state index in [2.05, 4.69) is 20.4 Å². The van der Waals surface area contributed by atoms with Gasteiger partial charge in [0.15, 0.2) is 0 Å². The molecule has 0 saturated heterocycles. The first-order valence-electron chi connectivity index (χ1n) is 5.83. The van der Waals surface area contributed by atoms with Crippen LogP contribution in [0.5, 0.6) is 0 Å². The molecule has 1 rings (SSSR count). The fourth-order valence-electron chi connectivity index (χ4n) is 2.11. The smallest absolute Gasteiger partial charge is 0.333 e. The van der Waals surface area contributed by atoms with E-state index >= 15 is 0 Å². The van der Waals surface area contributed by atoms with Crippen LogP contribution in [-0.2, 0) is 9.53 Å². The summed E-state index contributed by atoms with van der Waals surface area (Å²) in [5.74, 6) is -0.208. The predicted molar refractivity (Wildman–Crippen MR) is 61.6 cm³/mol. The van der Waals surface area contributed by atoms with E-state index < -0.39 is 0 Å². The largest absolute Gasteiger partial charge is 0.459 e. The lowest BCUT2D eigenvalue weighted by atomic mass is 9.76. The zero-order valence-electron chi connectivity index (χ0n) is 10.1. The lowest BCUT2D eigenvalue weighted by Crippen LogP contribution is -2.30. The van der Waals surface area contributed by atoms with Crippen molar-refractivity contribution in [2.45, 2.75) is 59.0 Å². The lowest BCUT2D eigenvalue weighted by Gasteiger charge is -2.34. The van der Waals surface area contributed by atoms with E-state index in [4.69, 9.17) is 4.74 Å². The first-order valence-corrected chi connectivity index (χ1v) is 5.83. The molecule has 0 aliphatic heterocycles. The van der Waals surface area contributed by atoms with Crippen LogP contribution in [0.1, 0.15) is 52.9 Å². The van der Waals surface area contributed by atoms with Crippen LogP contribution in [0.15, 0.2) is 12.2 Å². The van der Waals surface area contributed by atoms with E-state index in [9.17, 15) is 4.79 Å². The van der Waals surface area contributed by atoms with Crippen molar-refractivity contribution in [3.63, 3.8) is 0 Å². The number of carbonyl (C=O) groups excluding carboxylic acids is 1. The van der Waals surface area contributed by atoms with Gasteiger partial charge >= 0.3 is 5.97 Å². The molecule has 0 spiro atoms. The Labute approximate surface area is 92.7 Å². The predicted octanol–water partition coefficient (Wildman–Crippen LogP) is 3.46. The van der Waals surface area contributed by atoms with Gasteiger partial charge in [-0.3, -0.25) is 0 Å². The number of esters is 1. The van der Waals surface area contributed by atoms with Gasteiger partial charge in [-0.1, -0.05) is 27.4 Å². The SMILES string of the molecule is C=C(CC)C(=O)OC1CCCC(C)(C)C1. The number of rotatable bonds is 3. The summed E-state index contributed by atoms with van der Waals surface area (Å²) >= 11 is 0. The molecule has 1 aliphatic carbocycles.